The number of hydrogen-bond donors (Lipinski definition) is 1. The summed E-state index contributed by atoms with van der Waals surface area (Å²) in [5.74, 6) is 2.15. The Kier molecular flexibility index (Phi) is 7.64. The molecule has 0 amide bonds. The van der Waals surface area contributed by atoms with E-state index in [9.17, 15) is 4.39 Å². The minimum Gasteiger partial charge on any atom is -0.487 e. The molecule has 0 aromatic carbocycles. The molecule has 4 rings (SSSR count). The van der Waals surface area contributed by atoms with Gasteiger partial charge in [-0.05, 0) is 32.6 Å². The molecule has 0 unspecified atom stereocenters. The monoisotopic (exact) mass is 455 g/mol. The summed E-state index contributed by atoms with van der Waals surface area (Å²) in [6.45, 7) is 2.22. The standard InChI is InChI=1S/C23H30FN7O2/c1-16-20(33-17-7-4-3-5-8-17)15-26-22(29-16)18-13-28-31(2)19(18)14-27-23-25-11-9-21(30-23)32-12-6-10-24/h9,11,13,15,17H,3-8,10,12,14H2,1-2H3,(H,25,27,30). The van der Waals surface area contributed by atoms with Gasteiger partial charge in [-0.15, -0.1) is 0 Å². The van der Waals surface area contributed by atoms with Crippen LogP contribution in [0.2, 0.25) is 0 Å². The first-order valence-corrected chi connectivity index (χ1v) is 11.4. The van der Waals surface area contributed by atoms with Gasteiger partial charge in [0, 0.05) is 25.7 Å². The zero-order chi connectivity index (χ0) is 23.0. The third-order valence-electron chi connectivity index (χ3n) is 5.65. The molecule has 1 saturated carbocycles. The van der Waals surface area contributed by atoms with Crippen molar-refractivity contribution in [3.8, 4) is 23.0 Å². The topological polar surface area (TPSA) is 99.9 Å². The predicted molar refractivity (Wildman–Crippen MR) is 122 cm³/mol. The van der Waals surface area contributed by atoms with E-state index in [0.717, 1.165) is 35.5 Å². The van der Waals surface area contributed by atoms with E-state index >= 15 is 0 Å². The Balaban J connectivity index is 1.44. The third kappa shape index (κ3) is 5.94. The number of alkyl halides is 1. The van der Waals surface area contributed by atoms with Crippen molar-refractivity contribution < 1.29 is 13.9 Å². The van der Waals surface area contributed by atoms with Gasteiger partial charge < -0.3 is 14.8 Å². The van der Waals surface area contributed by atoms with Crippen molar-refractivity contribution in [1.82, 2.24) is 29.7 Å². The molecule has 176 valence electrons. The van der Waals surface area contributed by atoms with Crippen molar-refractivity contribution in [1.29, 1.82) is 0 Å². The fraction of sp³-hybridized carbons (Fsp3) is 0.522. The molecule has 3 aromatic rings. The zero-order valence-corrected chi connectivity index (χ0v) is 19.1. The number of aromatic nitrogens is 6. The van der Waals surface area contributed by atoms with Gasteiger partial charge in [0.05, 0.1) is 55.3 Å². The molecular formula is C23H30FN7O2. The van der Waals surface area contributed by atoms with E-state index in [0.29, 0.717) is 30.6 Å². The highest BCUT2D eigenvalue weighted by molar-refractivity contribution is 5.58. The van der Waals surface area contributed by atoms with Gasteiger partial charge in [-0.3, -0.25) is 9.07 Å². The van der Waals surface area contributed by atoms with Crippen LogP contribution in [0.5, 0.6) is 11.6 Å². The normalized spacial score (nSPS) is 14.3. The molecule has 0 saturated heterocycles. The van der Waals surface area contributed by atoms with Crippen molar-refractivity contribution >= 4 is 5.95 Å². The van der Waals surface area contributed by atoms with Crippen LogP contribution >= 0.6 is 0 Å². The Morgan fingerprint density at radius 2 is 2.00 bits per heavy atom. The Bertz CT molecular complexity index is 1050. The number of rotatable bonds is 10. The van der Waals surface area contributed by atoms with E-state index in [1.165, 1.54) is 19.3 Å². The largest absolute Gasteiger partial charge is 0.487 e. The lowest BCUT2D eigenvalue weighted by Crippen LogP contribution is -2.20. The SMILES string of the molecule is Cc1nc(-c2cnn(C)c2CNc2nccc(OCCCF)n2)ncc1OC1CCCCC1. The Morgan fingerprint density at radius 3 is 2.79 bits per heavy atom. The number of nitrogens with one attached hydrogen (secondary N) is 1. The van der Waals surface area contributed by atoms with Crippen LogP contribution in [0.25, 0.3) is 11.4 Å². The van der Waals surface area contributed by atoms with E-state index in [4.69, 9.17) is 14.5 Å². The Hall–Kier alpha value is -3.30. The van der Waals surface area contributed by atoms with Gasteiger partial charge in [0.2, 0.25) is 11.8 Å². The third-order valence-corrected chi connectivity index (χ3v) is 5.65. The highest BCUT2D eigenvalue weighted by Gasteiger charge is 2.19. The molecule has 0 atom stereocenters. The summed E-state index contributed by atoms with van der Waals surface area (Å²) in [4.78, 5) is 17.8. The molecule has 1 N–H and O–H groups in total. The lowest BCUT2D eigenvalue weighted by atomic mass is 9.98. The number of anilines is 1. The number of ether oxygens (including phenoxy) is 2. The Morgan fingerprint density at radius 1 is 1.15 bits per heavy atom. The molecule has 0 spiro atoms. The molecule has 0 bridgehead atoms. The van der Waals surface area contributed by atoms with Gasteiger partial charge in [-0.25, -0.2) is 15.0 Å². The van der Waals surface area contributed by atoms with Crippen LogP contribution in [0.1, 0.15) is 49.9 Å². The molecule has 3 heterocycles. The number of hydrogen-bond acceptors (Lipinski definition) is 8. The minimum atomic E-state index is -0.422. The molecule has 3 aromatic heterocycles. The summed E-state index contributed by atoms with van der Waals surface area (Å²) in [5, 5.41) is 7.57. The van der Waals surface area contributed by atoms with Gasteiger partial charge >= 0.3 is 0 Å². The lowest BCUT2D eigenvalue weighted by Gasteiger charge is -2.23. The van der Waals surface area contributed by atoms with Crippen LogP contribution < -0.4 is 14.8 Å². The summed E-state index contributed by atoms with van der Waals surface area (Å²) >= 11 is 0. The fourth-order valence-corrected chi connectivity index (χ4v) is 3.83. The average Bonchev–Trinajstić information content (AvgIpc) is 3.20. The summed E-state index contributed by atoms with van der Waals surface area (Å²) in [5.41, 5.74) is 2.53. The van der Waals surface area contributed by atoms with Crippen molar-refractivity contribution in [2.75, 3.05) is 18.6 Å². The van der Waals surface area contributed by atoms with Gasteiger partial charge in [0.1, 0.15) is 0 Å². The van der Waals surface area contributed by atoms with Crippen LogP contribution in [0, 0.1) is 6.92 Å². The second-order valence-corrected chi connectivity index (χ2v) is 8.11. The summed E-state index contributed by atoms with van der Waals surface area (Å²) in [6.07, 6.45) is 11.6. The van der Waals surface area contributed by atoms with E-state index in [1.807, 2.05) is 14.0 Å². The second-order valence-electron chi connectivity index (χ2n) is 8.11. The molecule has 9 nitrogen and oxygen atoms in total. The van der Waals surface area contributed by atoms with Crippen LogP contribution in [0.15, 0.2) is 24.7 Å². The van der Waals surface area contributed by atoms with E-state index in [1.54, 1.807) is 29.3 Å². The smallest absolute Gasteiger partial charge is 0.226 e. The van der Waals surface area contributed by atoms with Gasteiger partial charge in [0.15, 0.2) is 11.6 Å². The Labute approximate surface area is 192 Å². The maximum Gasteiger partial charge on any atom is 0.226 e. The first kappa shape index (κ1) is 22.9. The molecular weight excluding hydrogens is 425 g/mol. The molecule has 0 radical (unpaired) electrons. The van der Waals surface area contributed by atoms with Crippen molar-refractivity contribution in [2.24, 2.45) is 7.05 Å². The maximum absolute atomic E-state index is 12.3. The number of nitrogens with zero attached hydrogens (tertiary/aromatic N) is 6. The average molecular weight is 456 g/mol. The highest BCUT2D eigenvalue weighted by Crippen LogP contribution is 2.27. The van der Waals surface area contributed by atoms with Crippen LogP contribution in [-0.4, -0.2) is 49.1 Å². The molecule has 0 aliphatic heterocycles. The predicted octanol–water partition coefficient (Wildman–Crippen LogP) is 4.04. The van der Waals surface area contributed by atoms with Gasteiger partial charge in [0.25, 0.3) is 0 Å². The summed E-state index contributed by atoms with van der Waals surface area (Å²) in [7, 11) is 1.87. The molecule has 1 aliphatic rings. The number of halogens is 1. The minimum absolute atomic E-state index is 0.252. The highest BCUT2D eigenvalue weighted by atomic mass is 19.1. The molecule has 1 fully saturated rings. The maximum atomic E-state index is 12.3. The van der Waals surface area contributed by atoms with Gasteiger partial charge in [-0.2, -0.15) is 10.1 Å². The lowest BCUT2D eigenvalue weighted by molar-refractivity contribution is 0.152. The molecule has 1 aliphatic carbocycles. The fourth-order valence-electron chi connectivity index (χ4n) is 3.83. The number of aryl methyl sites for hydroxylation is 2. The van der Waals surface area contributed by atoms with Crippen molar-refractivity contribution in [3.05, 3.63) is 36.0 Å². The molecule has 33 heavy (non-hydrogen) atoms. The van der Waals surface area contributed by atoms with Crippen LogP contribution in [-0.2, 0) is 13.6 Å². The van der Waals surface area contributed by atoms with Crippen molar-refractivity contribution in [2.45, 2.75) is 58.1 Å². The van der Waals surface area contributed by atoms with Crippen LogP contribution in [0.3, 0.4) is 0 Å². The van der Waals surface area contributed by atoms with Gasteiger partial charge in [-0.1, -0.05) is 6.42 Å². The van der Waals surface area contributed by atoms with E-state index in [-0.39, 0.29) is 12.7 Å². The quantitative estimate of drug-likeness (QED) is 0.457. The second kappa shape index (κ2) is 11.0. The molecule has 10 heteroatoms. The van der Waals surface area contributed by atoms with Crippen molar-refractivity contribution in [3.63, 3.8) is 0 Å². The van der Waals surface area contributed by atoms with E-state index in [2.05, 4.69) is 25.4 Å². The van der Waals surface area contributed by atoms with Crippen LogP contribution in [0.4, 0.5) is 10.3 Å². The van der Waals surface area contributed by atoms with E-state index < -0.39 is 6.67 Å². The summed E-state index contributed by atoms with van der Waals surface area (Å²) in [6, 6.07) is 1.65. The summed E-state index contributed by atoms with van der Waals surface area (Å²) < 4.78 is 25.6. The first-order chi connectivity index (χ1) is 16.1. The zero-order valence-electron chi connectivity index (χ0n) is 19.1. The first-order valence-electron chi connectivity index (χ1n) is 11.4.